The molecule has 2 N–H and O–H groups in total. The Morgan fingerprint density at radius 3 is 3.10 bits per heavy atom. The summed E-state index contributed by atoms with van der Waals surface area (Å²) >= 11 is 6.15. The van der Waals surface area contributed by atoms with Crippen LogP contribution in [0.15, 0.2) is 29.1 Å². The first-order valence-electron chi connectivity index (χ1n) is 6.84. The van der Waals surface area contributed by atoms with Crippen molar-refractivity contribution >= 4 is 22.5 Å². The van der Waals surface area contributed by atoms with Crippen LogP contribution in [-0.4, -0.2) is 34.2 Å². The third kappa shape index (κ3) is 2.46. The minimum Gasteiger partial charge on any atom is -0.395 e. The number of aliphatic hydroxyl groups excluding tert-OH is 1. The van der Waals surface area contributed by atoms with Crippen molar-refractivity contribution in [2.24, 2.45) is 0 Å². The van der Waals surface area contributed by atoms with E-state index in [-0.39, 0.29) is 18.1 Å². The Kier molecular flexibility index (Phi) is 3.78. The van der Waals surface area contributed by atoms with Gasteiger partial charge in [-0.3, -0.25) is 9.69 Å². The SMILES string of the molecule is O=c1cc(CN2CCC[C@H]2CO)[nH]c2c(Cl)cccc12. The number of H-pyrrole nitrogens is 1. The fourth-order valence-electron chi connectivity index (χ4n) is 2.90. The molecular weight excluding hydrogens is 276 g/mol. The van der Waals surface area contributed by atoms with Crippen LogP contribution in [0.5, 0.6) is 0 Å². The average Bonchev–Trinajstić information content (AvgIpc) is 2.87. The summed E-state index contributed by atoms with van der Waals surface area (Å²) in [7, 11) is 0. The highest BCUT2D eigenvalue weighted by molar-refractivity contribution is 6.35. The summed E-state index contributed by atoms with van der Waals surface area (Å²) in [4.78, 5) is 17.6. The topological polar surface area (TPSA) is 56.3 Å². The maximum atomic E-state index is 12.1. The molecule has 4 nitrogen and oxygen atoms in total. The van der Waals surface area contributed by atoms with Gasteiger partial charge in [0.1, 0.15) is 0 Å². The normalized spacial score (nSPS) is 19.8. The molecule has 5 heteroatoms. The lowest BCUT2D eigenvalue weighted by Gasteiger charge is -2.22. The highest BCUT2D eigenvalue weighted by atomic mass is 35.5. The van der Waals surface area contributed by atoms with E-state index in [1.165, 1.54) is 0 Å². The Balaban J connectivity index is 1.96. The molecule has 0 radical (unpaired) electrons. The van der Waals surface area contributed by atoms with Crippen molar-refractivity contribution < 1.29 is 5.11 Å². The number of para-hydroxylation sites is 1. The van der Waals surface area contributed by atoms with Crippen LogP contribution in [-0.2, 0) is 6.54 Å². The molecular formula is C15H17ClN2O2. The third-order valence-corrected chi connectivity index (χ3v) is 4.27. The molecule has 1 saturated heterocycles. The van der Waals surface area contributed by atoms with Gasteiger partial charge in [-0.1, -0.05) is 17.7 Å². The molecule has 20 heavy (non-hydrogen) atoms. The van der Waals surface area contributed by atoms with Crippen molar-refractivity contribution in [3.05, 3.63) is 45.2 Å². The zero-order valence-corrected chi connectivity index (χ0v) is 11.9. The summed E-state index contributed by atoms with van der Waals surface area (Å²) in [6.45, 7) is 1.76. The standard InChI is InChI=1S/C15H17ClN2O2/c16-13-5-1-4-12-14(20)7-10(17-15(12)13)8-18-6-2-3-11(18)9-19/h1,4-5,7,11,19H,2-3,6,8-9H2,(H,17,20)/t11-/m0/s1. The predicted molar refractivity (Wildman–Crippen MR) is 80.1 cm³/mol. The number of rotatable bonds is 3. The number of benzene rings is 1. The largest absolute Gasteiger partial charge is 0.395 e. The van der Waals surface area contributed by atoms with E-state index < -0.39 is 0 Å². The lowest BCUT2D eigenvalue weighted by atomic mass is 10.2. The summed E-state index contributed by atoms with van der Waals surface area (Å²) in [6.07, 6.45) is 2.10. The Morgan fingerprint density at radius 2 is 2.30 bits per heavy atom. The number of pyridine rings is 1. The van der Waals surface area contributed by atoms with Gasteiger partial charge in [0.25, 0.3) is 0 Å². The summed E-state index contributed by atoms with van der Waals surface area (Å²) in [5.74, 6) is 0. The van der Waals surface area contributed by atoms with E-state index in [0.29, 0.717) is 22.5 Å². The van der Waals surface area contributed by atoms with E-state index in [0.717, 1.165) is 25.1 Å². The maximum Gasteiger partial charge on any atom is 0.189 e. The zero-order chi connectivity index (χ0) is 14.1. The molecule has 1 atom stereocenters. The van der Waals surface area contributed by atoms with E-state index in [2.05, 4.69) is 9.88 Å². The average molecular weight is 293 g/mol. The van der Waals surface area contributed by atoms with Crippen molar-refractivity contribution in [2.75, 3.05) is 13.2 Å². The van der Waals surface area contributed by atoms with Gasteiger partial charge in [-0.05, 0) is 31.5 Å². The second kappa shape index (κ2) is 5.56. The molecule has 2 aromatic rings. The van der Waals surface area contributed by atoms with Crippen molar-refractivity contribution in [3.8, 4) is 0 Å². The number of fused-ring (bicyclic) bond motifs is 1. The molecule has 0 amide bonds. The van der Waals surface area contributed by atoms with Crippen LogP contribution >= 0.6 is 11.6 Å². The van der Waals surface area contributed by atoms with Crippen LogP contribution in [0.3, 0.4) is 0 Å². The number of nitrogens with zero attached hydrogens (tertiary/aromatic N) is 1. The fourth-order valence-corrected chi connectivity index (χ4v) is 3.12. The number of aliphatic hydroxyl groups is 1. The van der Waals surface area contributed by atoms with E-state index in [9.17, 15) is 9.90 Å². The lowest BCUT2D eigenvalue weighted by Crippen LogP contribution is -2.32. The molecule has 1 aliphatic heterocycles. The van der Waals surface area contributed by atoms with Gasteiger partial charge in [0.15, 0.2) is 5.43 Å². The zero-order valence-electron chi connectivity index (χ0n) is 11.1. The van der Waals surface area contributed by atoms with E-state index in [1.54, 1.807) is 24.3 Å². The maximum absolute atomic E-state index is 12.1. The van der Waals surface area contributed by atoms with Crippen molar-refractivity contribution in [1.29, 1.82) is 0 Å². The smallest absolute Gasteiger partial charge is 0.189 e. The van der Waals surface area contributed by atoms with Crippen molar-refractivity contribution in [1.82, 2.24) is 9.88 Å². The van der Waals surface area contributed by atoms with Gasteiger partial charge in [0, 0.05) is 29.7 Å². The van der Waals surface area contributed by atoms with Gasteiger partial charge in [0.2, 0.25) is 0 Å². The number of aromatic nitrogens is 1. The Bertz CT molecular complexity index is 683. The van der Waals surface area contributed by atoms with Crippen LogP contribution in [0.25, 0.3) is 10.9 Å². The van der Waals surface area contributed by atoms with Crippen molar-refractivity contribution in [3.63, 3.8) is 0 Å². The summed E-state index contributed by atoms with van der Waals surface area (Å²) in [5.41, 5.74) is 1.52. The molecule has 1 aliphatic rings. The first kappa shape index (κ1) is 13.6. The van der Waals surface area contributed by atoms with Crippen LogP contribution in [0.4, 0.5) is 0 Å². The van der Waals surface area contributed by atoms with E-state index in [1.807, 2.05) is 0 Å². The minimum absolute atomic E-state index is 0.0176. The lowest BCUT2D eigenvalue weighted by molar-refractivity contribution is 0.152. The molecule has 0 spiro atoms. The van der Waals surface area contributed by atoms with Crippen LogP contribution in [0, 0.1) is 0 Å². The number of nitrogens with one attached hydrogen (secondary N) is 1. The van der Waals surface area contributed by atoms with Gasteiger partial charge in [-0.2, -0.15) is 0 Å². The summed E-state index contributed by atoms with van der Waals surface area (Å²) < 4.78 is 0. The summed E-state index contributed by atoms with van der Waals surface area (Å²) in [6, 6.07) is 7.15. The molecule has 0 aliphatic carbocycles. The molecule has 0 unspecified atom stereocenters. The monoisotopic (exact) mass is 292 g/mol. The van der Waals surface area contributed by atoms with Crippen LogP contribution < -0.4 is 5.43 Å². The molecule has 0 bridgehead atoms. The Morgan fingerprint density at radius 1 is 1.45 bits per heavy atom. The van der Waals surface area contributed by atoms with Gasteiger partial charge >= 0.3 is 0 Å². The first-order valence-corrected chi connectivity index (χ1v) is 7.22. The number of likely N-dealkylation sites (tertiary alicyclic amines) is 1. The number of hydrogen-bond donors (Lipinski definition) is 2. The highest BCUT2D eigenvalue weighted by Gasteiger charge is 2.23. The number of aromatic amines is 1. The minimum atomic E-state index is -0.0176. The van der Waals surface area contributed by atoms with Gasteiger partial charge in [0.05, 0.1) is 17.1 Å². The molecule has 1 fully saturated rings. The molecule has 106 valence electrons. The second-order valence-corrected chi connectivity index (χ2v) is 5.68. The Hall–Kier alpha value is -1.36. The molecule has 3 rings (SSSR count). The Labute approximate surface area is 122 Å². The van der Waals surface area contributed by atoms with Gasteiger partial charge < -0.3 is 10.1 Å². The fraction of sp³-hybridized carbons (Fsp3) is 0.400. The number of halogens is 1. The number of hydrogen-bond acceptors (Lipinski definition) is 3. The first-order chi connectivity index (χ1) is 9.69. The molecule has 2 heterocycles. The van der Waals surface area contributed by atoms with Gasteiger partial charge in [-0.25, -0.2) is 0 Å². The van der Waals surface area contributed by atoms with Crippen LogP contribution in [0.1, 0.15) is 18.5 Å². The molecule has 0 saturated carbocycles. The van der Waals surface area contributed by atoms with Gasteiger partial charge in [-0.15, -0.1) is 0 Å². The molecule has 1 aromatic heterocycles. The molecule has 1 aromatic carbocycles. The quantitative estimate of drug-likeness (QED) is 0.911. The van der Waals surface area contributed by atoms with E-state index >= 15 is 0 Å². The third-order valence-electron chi connectivity index (χ3n) is 3.95. The summed E-state index contributed by atoms with van der Waals surface area (Å²) in [5, 5.41) is 10.5. The predicted octanol–water partition coefficient (Wildman–Crippen LogP) is 2.14. The highest BCUT2D eigenvalue weighted by Crippen LogP contribution is 2.22. The van der Waals surface area contributed by atoms with Crippen molar-refractivity contribution in [2.45, 2.75) is 25.4 Å². The van der Waals surface area contributed by atoms with E-state index in [4.69, 9.17) is 11.6 Å². The second-order valence-electron chi connectivity index (χ2n) is 5.27. The van der Waals surface area contributed by atoms with Crippen LogP contribution in [0.2, 0.25) is 5.02 Å².